The zero-order chi connectivity index (χ0) is 16.9. The average Bonchev–Trinajstić information content (AvgIpc) is 3.30. The van der Waals surface area contributed by atoms with Crippen molar-refractivity contribution in [2.75, 3.05) is 18.5 Å². The van der Waals surface area contributed by atoms with E-state index in [0.717, 1.165) is 43.3 Å². The number of thiazole rings is 1. The van der Waals surface area contributed by atoms with Gasteiger partial charge in [0.1, 0.15) is 5.82 Å². The van der Waals surface area contributed by atoms with Crippen LogP contribution < -0.4 is 10.6 Å². The molecule has 0 spiro atoms. The van der Waals surface area contributed by atoms with Crippen LogP contribution in [0.4, 0.5) is 10.6 Å². The van der Waals surface area contributed by atoms with Gasteiger partial charge >= 0.3 is 6.03 Å². The predicted molar refractivity (Wildman–Crippen MR) is 93.2 cm³/mol. The zero-order valence-electron chi connectivity index (χ0n) is 14.0. The van der Waals surface area contributed by atoms with Crippen molar-refractivity contribution in [3.05, 3.63) is 28.3 Å². The highest BCUT2D eigenvalue weighted by molar-refractivity contribution is 7.09. The second-order valence-corrected chi connectivity index (χ2v) is 6.91. The summed E-state index contributed by atoms with van der Waals surface area (Å²) in [5.41, 5.74) is 0.892. The molecule has 1 saturated heterocycles. The number of rotatable bonds is 6. The molecule has 2 atom stereocenters. The maximum absolute atomic E-state index is 12.2. The Morgan fingerprint density at radius 3 is 3.17 bits per heavy atom. The van der Waals surface area contributed by atoms with Gasteiger partial charge in [-0.2, -0.15) is 5.10 Å². The summed E-state index contributed by atoms with van der Waals surface area (Å²) in [5.74, 6) is 1.15. The van der Waals surface area contributed by atoms with Gasteiger partial charge in [0.15, 0.2) is 0 Å². The molecular weight excluding hydrogens is 326 g/mol. The second kappa shape index (κ2) is 7.76. The Labute approximate surface area is 145 Å². The molecule has 0 bridgehead atoms. The minimum Gasteiger partial charge on any atom is -0.381 e. The highest BCUT2D eigenvalue weighted by Gasteiger charge is 2.19. The lowest BCUT2D eigenvalue weighted by Crippen LogP contribution is -2.32. The number of hydrogen-bond acceptors (Lipinski definition) is 5. The Bertz CT molecular complexity index is 678. The lowest BCUT2D eigenvalue weighted by molar-refractivity contribution is 0.181. The Hall–Kier alpha value is -1.93. The van der Waals surface area contributed by atoms with Crippen molar-refractivity contribution < 1.29 is 9.53 Å². The number of anilines is 1. The summed E-state index contributed by atoms with van der Waals surface area (Å²) in [7, 11) is 0. The Morgan fingerprint density at radius 1 is 1.58 bits per heavy atom. The molecule has 0 radical (unpaired) electrons. The number of carbonyl (C=O) groups excluding carboxylic acids is 1. The van der Waals surface area contributed by atoms with Gasteiger partial charge in [-0.3, -0.25) is 5.32 Å². The number of urea groups is 1. The van der Waals surface area contributed by atoms with Gasteiger partial charge in [0, 0.05) is 30.5 Å². The predicted octanol–water partition coefficient (Wildman–Crippen LogP) is 2.82. The maximum Gasteiger partial charge on any atom is 0.320 e. The van der Waals surface area contributed by atoms with Gasteiger partial charge in [-0.1, -0.05) is 6.92 Å². The molecule has 2 amide bonds. The van der Waals surface area contributed by atoms with E-state index >= 15 is 0 Å². The van der Waals surface area contributed by atoms with Crippen LogP contribution in [0.3, 0.4) is 0 Å². The first-order valence-corrected chi connectivity index (χ1v) is 9.15. The molecule has 1 fully saturated rings. The van der Waals surface area contributed by atoms with E-state index in [0.29, 0.717) is 11.7 Å². The van der Waals surface area contributed by atoms with Gasteiger partial charge < -0.3 is 10.1 Å². The zero-order valence-corrected chi connectivity index (χ0v) is 14.8. The Morgan fingerprint density at radius 2 is 2.46 bits per heavy atom. The van der Waals surface area contributed by atoms with Gasteiger partial charge in [-0.05, 0) is 19.8 Å². The molecule has 2 unspecified atom stereocenters. The van der Waals surface area contributed by atoms with Crippen LogP contribution in [0.25, 0.3) is 0 Å². The van der Waals surface area contributed by atoms with E-state index in [4.69, 9.17) is 4.74 Å². The van der Waals surface area contributed by atoms with E-state index in [1.807, 2.05) is 17.0 Å². The van der Waals surface area contributed by atoms with Crippen molar-refractivity contribution in [1.82, 2.24) is 20.1 Å². The molecule has 0 aliphatic carbocycles. The third-order valence-corrected chi connectivity index (χ3v) is 5.09. The van der Waals surface area contributed by atoms with Crippen LogP contribution in [0.5, 0.6) is 0 Å². The Balaban J connectivity index is 1.55. The molecule has 3 heterocycles. The normalized spacial score (nSPS) is 18.5. The van der Waals surface area contributed by atoms with Crippen molar-refractivity contribution in [2.45, 2.75) is 39.3 Å². The number of carbonyl (C=O) groups is 1. The molecule has 2 aromatic heterocycles. The molecule has 0 saturated carbocycles. The largest absolute Gasteiger partial charge is 0.381 e. The van der Waals surface area contributed by atoms with Crippen LogP contribution in [0.2, 0.25) is 0 Å². The van der Waals surface area contributed by atoms with Gasteiger partial charge in [0.25, 0.3) is 0 Å². The van der Waals surface area contributed by atoms with Crippen molar-refractivity contribution in [1.29, 1.82) is 0 Å². The highest BCUT2D eigenvalue weighted by atomic mass is 32.1. The third-order valence-electron chi connectivity index (χ3n) is 4.08. The summed E-state index contributed by atoms with van der Waals surface area (Å²) >= 11 is 1.62. The van der Waals surface area contributed by atoms with Gasteiger partial charge in [0.2, 0.25) is 0 Å². The molecule has 1 aliphatic rings. The molecule has 24 heavy (non-hydrogen) atoms. The molecule has 2 aromatic rings. The van der Waals surface area contributed by atoms with Gasteiger partial charge in [0.05, 0.1) is 29.5 Å². The molecule has 130 valence electrons. The van der Waals surface area contributed by atoms with Crippen molar-refractivity contribution in [2.24, 2.45) is 5.92 Å². The number of hydrogen-bond donors (Lipinski definition) is 2. The average molecular weight is 349 g/mol. The summed E-state index contributed by atoms with van der Waals surface area (Å²) in [6.07, 6.45) is 3.64. The topological polar surface area (TPSA) is 81.1 Å². The van der Waals surface area contributed by atoms with Crippen LogP contribution in [-0.4, -0.2) is 34.0 Å². The highest BCUT2D eigenvalue weighted by Crippen LogP contribution is 2.19. The lowest BCUT2D eigenvalue weighted by atomic mass is 10.1. The van der Waals surface area contributed by atoms with Crippen molar-refractivity contribution in [3.63, 3.8) is 0 Å². The van der Waals surface area contributed by atoms with E-state index in [9.17, 15) is 4.79 Å². The number of nitrogens with one attached hydrogen (secondary N) is 2. The minimum absolute atomic E-state index is 0.138. The first-order valence-electron chi connectivity index (χ1n) is 8.27. The van der Waals surface area contributed by atoms with Crippen LogP contribution in [-0.2, 0) is 17.7 Å². The monoisotopic (exact) mass is 349 g/mol. The summed E-state index contributed by atoms with van der Waals surface area (Å²) < 4.78 is 7.21. The molecule has 0 aromatic carbocycles. The fourth-order valence-electron chi connectivity index (χ4n) is 2.67. The van der Waals surface area contributed by atoms with E-state index in [1.165, 1.54) is 0 Å². The maximum atomic E-state index is 12.2. The molecule has 7 nitrogen and oxygen atoms in total. The fourth-order valence-corrected chi connectivity index (χ4v) is 3.50. The summed E-state index contributed by atoms with van der Waals surface area (Å²) in [6.45, 7) is 6.32. The number of aromatic nitrogens is 3. The number of aryl methyl sites for hydroxylation is 1. The van der Waals surface area contributed by atoms with Crippen molar-refractivity contribution >= 4 is 23.2 Å². The molecule has 3 rings (SSSR count). The van der Waals surface area contributed by atoms with E-state index in [1.54, 1.807) is 23.6 Å². The van der Waals surface area contributed by atoms with E-state index < -0.39 is 0 Å². The van der Waals surface area contributed by atoms with Crippen LogP contribution in [0.15, 0.2) is 17.6 Å². The summed E-state index contributed by atoms with van der Waals surface area (Å²) in [6, 6.07) is 1.41. The Kier molecular flexibility index (Phi) is 5.47. The van der Waals surface area contributed by atoms with Crippen LogP contribution >= 0.6 is 11.3 Å². The van der Waals surface area contributed by atoms with Gasteiger partial charge in [-0.25, -0.2) is 14.5 Å². The summed E-state index contributed by atoms with van der Waals surface area (Å²) in [4.78, 5) is 16.8. The van der Waals surface area contributed by atoms with E-state index in [-0.39, 0.29) is 12.1 Å². The van der Waals surface area contributed by atoms with E-state index in [2.05, 4.69) is 27.6 Å². The minimum atomic E-state index is -0.252. The first kappa shape index (κ1) is 16.9. The SMILES string of the molecule is CCc1nc(C(C)NC(=O)Nc2ccnn2CC2CCOC2)cs1. The van der Waals surface area contributed by atoms with Crippen LogP contribution in [0.1, 0.15) is 37.0 Å². The number of nitrogens with zero attached hydrogens (tertiary/aromatic N) is 3. The quantitative estimate of drug-likeness (QED) is 0.840. The first-order chi connectivity index (χ1) is 11.7. The smallest absolute Gasteiger partial charge is 0.320 e. The summed E-state index contributed by atoms with van der Waals surface area (Å²) in [5, 5.41) is 13.2. The fraction of sp³-hybridized carbons (Fsp3) is 0.562. The molecule has 8 heteroatoms. The molecule has 1 aliphatic heterocycles. The standard InChI is InChI=1S/C16H23N5O2S/c1-3-15-19-13(10-24-15)11(2)18-16(22)20-14-4-6-17-21(14)8-12-5-7-23-9-12/h4,6,10-12H,3,5,7-9H2,1-2H3,(H2,18,20,22). The lowest BCUT2D eigenvalue weighted by Gasteiger charge is -2.15. The number of amides is 2. The van der Waals surface area contributed by atoms with Crippen molar-refractivity contribution in [3.8, 4) is 0 Å². The second-order valence-electron chi connectivity index (χ2n) is 5.97. The molecule has 2 N–H and O–H groups in total. The van der Waals surface area contributed by atoms with Crippen LogP contribution in [0, 0.1) is 5.92 Å². The number of ether oxygens (including phenoxy) is 1. The van der Waals surface area contributed by atoms with Gasteiger partial charge in [-0.15, -0.1) is 11.3 Å². The molecular formula is C16H23N5O2S. The third kappa shape index (κ3) is 4.12.